The summed E-state index contributed by atoms with van der Waals surface area (Å²) in [5.74, 6) is -0.120. The van der Waals surface area contributed by atoms with E-state index in [0.717, 1.165) is 0 Å². The molecular formula is C9H18S8. The van der Waals surface area contributed by atoms with Crippen molar-refractivity contribution >= 4 is 101 Å². The minimum Gasteiger partial charge on any atom is -0.159 e. The first-order valence-electron chi connectivity index (χ1n) is 4.90. The first kappa shape index (κ1) is 17.9. The molecular weight excluding hydrogens is 365 g/mol. The molecule has 0 aromatic heterocycles. The highest BCUT2D eigenvalue weighted by molar-refractivity contribution is 8.14. The standard InChI is InChI=1S/C9H18S8/c1-5(2,3)4-6(10,11)8(14,15)9(16,17)7(4,12)13/h4,10-17H,1-3H3. The van der Waals surface area contributed by atoms with E-state index in [1.807, 2.05) is 0 Å². The fourth-order valence-electron chi connectivity index (χ4n) is 2.40. The molecule has 0 aromatic rings. The predicted octanol–water partition coefficient (Wildman–Crippen LogP) is 3.89. The van der Waals surface area contributed by atoms with Crippen molar-refractivity contribution in [1.82, 2.24) is 0 Å². The van der Waals surface area contributed by atoms with Crippen LogP contribution >= 0.6 is 101 Å². The minimum absolute atomic E-state index is 0.120. The summed E-state index contributed by atoms with van der Waals surface area (Å²) in [5, 5.41) is 0. The molecule has 0 atom stereocenters. The van der Waals surface area contributed by atoms with Gasteiger partial charge in [0.15, 0.2) is 0 Å². The SMILES string of the molecule is CC(C)(C)C1C(S)(S)C(S)(S)C(S)(S)C1(S)S. The van der Waals surface area contributed by atoms with Gasteiger partial charge in [0.05, 0.1) is 8.16 Å². The first-order valence-corrected chi connectivity index (χ1v) is 8.48. The fourth-order valence-corrected chi connectivity index (χ4v) is 7.73. The summed E-state index contributed by atoms with van der Waals surface area (Å²) < 4.78 is -3.57. The van der Waals surface area contributed by atoms with Gasteiger partial charge in [0.2, 0.25) is 0 Å². The van der Waals surface area contributed by atoms with Crippen molar-refractivity contribution in [2.75, 3.05) is 0 Å². The summed E-state index contributed by atoms with van der Waals surface area (Å²) >= 11 is 36.9. The van der Waals surface area contributed by atoms with Gasteiger partial charge in [-0.1, -0.05) is 20.8 Å². The molecule has 1 fully saturated rings. The molecule has 1 saturated carbocycles. The zero-order chi connectivity index (χ0) is 14.1. The molecule has 1 rings (SSSR count). The summed E-state index contributed by atoms with van der Waals surface area (Å²) in [6, 6.07) is 0. The Balaban J connectivity index is 3.54. The van der Waals surface area contributed by atoms with Gasteiger partial charge < -0.3 is 0 Å². The van der Waals surface area contributed by atoms with Crippen LogP contribution < -0.4 is 0 Å². The number of hydrogen-bond donors (Lipinski definition) is 8. The average Bonchev–Trinajstić information content (AvgIpc) is 2.03. The Morgan fingerprint density at radius 2 is 0.882 bits per heavy atom. The molecule has 0 N–H and O–H groups in total. The quantitative estimate of drug-likeness (QED) is 0.226. The highest BCUT2D eigenvalue weighted by Crippen LogP contribution is 2.74. The highest BCUT2D eigenvalue weighted by Gasteiger charge is 2.76. The molecule has 0 heterocycles. The lowest BCUT2D eigenvalue weighted by Gasteiger charge is -2.43. The number of rotatable bonds is 0. The van der Waals surface area contributed by atoms with Crippen LogP contribution in [0.5, 0.6) is 0 Å². The second kappa shape index (κ2) is 4.65. The Labute approximate surface area is 148 Å². The molecule has 0 unspecified atom stereocenters. The van der Waals surface area contributed by atoms with Crippen LogP contribution in [0, 0.1) is 11.3 Å². The third kappa shape index (κ3) is 2.32. The van der Waals surface area contributed by atoms with Crippen LogP contribution in [0.3, 0.4) is 0 Å². The Kier molecular flexibility index (Phi) is 4.88. The lowest BCUT2D eigenvalue weighted by atomic mass is 9.78. The zero-order valence-electron chi connectivity index (χ0n) is 9.66. The summed E-state index contributed by atoms with van der Waals surface area (Å²) in [6.07, 6.45) is 0. The Bertz CT molecular complexity index is 298. The van der Waals surface area contributed by atoms with Crippen LogP contribution in [0.15, 0.2) is 0 Å². The van der Waals surface area contributed by atoms with Crippen molar-refractivity contribution in [3.05, 3.63) is 0 Å². The molecule has 0 radical (unpaired) electrons. The largest absolute Gasteiger partial charge is 0.159 e. The predicted molar refractivity (Wildman–Crippen MR) is 106 cm³/mol. The third-order valence-corrected chi connectivity index (χ3v) is 10.4. The van der Waals surface area contributed by atoms with E-state index in [-0.39, 0.29) is 11.3 Å². The molecule has 0 bridgehead atoms. The molecule has 1 aliphatic carbocycles. The maximum absolute atomic E-state index is 4.66. The van der Waals surface area contributed by atoms with Crippen molar-refractivity contribution in [2.24, 2.45) is 11.3 Å². The molecule has 17 heavy (non-hydrogen) atoms. The van der Waals surface area contributed by atoms with Crippen molar-refractivity contribution in [3.8, 4) is 0 Å². The van der Waals surface area contributed by atoms with Crippen molar-refractivity contribution in [3.63, 3.8) is 0 Å². The zero-order valence-corrected chi connectivity index (χ0v) is 16.8. The van der Waals surface area contributed by atoms with Crippen LogP contribution in [-0.2, 0) is 0 Å². The smallest absolute Gasteiger partial charge is 0.104 e. The Morgan fingerprint density at radius 3 is 1.00 bits per heavy atom. The highest BCUT2D eigenvalue weighted by atomic mass is 32.2. The second-order valence-corrected chi connectivity index (χ2v) is 12.5. The van der Waals surface area contributed by atoms with E-state index in [4.69, 9.17) is 0 Å². The van der Waals surface area contributed by atoms with Gasteiger partial charge in [-0.25, -0.2) is 0 Å². The first-order chi connectivity index (χ1) is 7.12. The van der Waals surface area contributed by atoms with E-state index in [9.17, 15) is 0 Å². The number of hydrogen-bond acceptors (Lipinski definition) is 8. The molecule has 0 saturated heterocycles. The maximum atomic E-state index is 4.66. The molecule has 102 valence electrons. The molecule has 0 aliphatic heterocycles. The molecule has 0 aromatic carbocycles. The van der Waals surface area contributed by atoms with E-state index in [2.05, 4.69) is 122 Å². The number of thiol groups is 8. The van der Waals surface area contributed by atoms with Crippen LogP contribution in [0.4, 0.5) is 0 Å². The third-order valence-electron chi connectivity index (χ3n) is 3.18. The van der Waals surface area contributed by atoms with Crippen molar-refractivity contribution < 1.29 is 0 Å². The molecule has 1 aliphatic rings. The van der Waals surface area contributed by atoms with Gasteiger partial charge in [-0.05, 0) is 5.41 Å². The van der Waals surface area contributed by atoms with Crippen LogP contribution in [-0.4, -0.2) is 16.3 Å². The summed E-state index contributed by atoms with van der Waals surface area (Å²) in [7, 11) is 0. The Morgan fingerprint density at radius 1 is 0.647 bits per heavy atom. The second-order valence-electron chi connectivity index (χ2n) is 5.60. The van der Waals surface area contributed by atoms with Gasteiger partial charge in [0, 0.05) is 5.92 Å². The molecule has 0 spiro atoms. The fraction of sp³-hybridized carbons (Fsp3) is 1.00. The summed E-state index contributed by atoms with van der Waals surface area (Å²) in [5.41, 5.74) is -0.142. The van der Waals surface area contributed by atoms with Crippen molar-refractivity contribution in [2.45, 2.75) is 37.1 Å². The summed E-state index contributed by atoms with van der Waals surface area (Å²) in [6.45, 7) is 6.25. The topological polar surface area (TPSA) is 0 Å². The average molecular weight is 383 g/mol. The van der Waals surface area contributed by atoms with E-state index >= 15 is 0 Å². The van der Waals surface area contributed by atoms with Crippen LogP contribution in [0.1, 0.15) is 20.8 Å². The Hall–Kier alpha value is 2.80. The van der Waals surface area contributed by atoms with Crippen LogP contribution in [0.2, 0.25) is 0 Å². The maximum Gasteiger partial charge on any atom is 0.104 e. The summed E-state index contributed by atoms with van der Waals surface area (Å²) in [4.78, 5) is 0. The van der Waals surface area contributed by atoms with Gasteiger partial charge in [0.1, 0.15) is 8.16 Å². The minimum atomic E-state index is -0.958. The van der Waals surface area contributed by atoms with Crippen LogP contribution in [0.25, 0.3) is 0 Å². The molecule has 8 heteroatoms. The van der Waals surface area contributed by atoms with E-state index in [0.29, 0.717) is 0 Å². The van der Waals surface area contributed by atoms with Crippen molar-refractivity contribution in [1.29, 1.82) is 0 Å². The normalized spacial score (nSPS) is 30.5. The van der Waals surface area contributed by atoms with E-state index in [1.165, 1.54) is 0 Å². The monoisotopic (exact) mass is 382 g/mol. The van der Waals surface area contributed by atoms with Gasteiger partial charge in [-0.3, -0.25) is 0 Å². The molecule has 0 amide bonds. The molecule has 0 nitrogen and oxygen atoms in total. The van der Waals surface area contributed by atoms with E-state index < -0.39 is 16.3 Å². The van der Waals surface area contributed by atoms with Gasteiger partial charge in [0.25, 0.3) is 0 Å². The van der Waals surface area contributed by atoms with E-state index in [1.54, 1.807) is 0 Å². The lowest BCUT2D eigenvalue weighted by molar-refractivity contribution is 0.239. The van der Waals surface area contributed by atoms with Gasteiger partial charge >= 0.3 is 0 Å². The van der Waals surface area contributed by atoms with Gasteiger partial charge in [-0.15, -0.1) is 0 Å². The lowest BCUT2D eigenvalue weighted by Crippen LogP contribution is -2.46. The van der Waals surface area contributed by atoms with Gasteiger partial charge in [-0.2, -0.15) is 101 Å².